The SMILES string of the molecule is COc1ncc(C2=NCC3CCC=C(NC(=O)C(C)(C)O)N=C3C=C2)cc1C(=O)NCc1cc(OC(F)(F)F)ccc1F. The highest BCUT2D eigenvalue weighted by molar-refractivity contribution is 6.14. The van der Waals surface area contributed by atoms with Gasteiger partial charge in [-0.2, -0.15) is 0 Å². The summed E-state index contributed by atoms with van der Waals surface area (Å²) in [6.07, 6.45) is 3.09. The van der Waals surface area contributed by atoms with Gasteiger partial charge in [0, 0.05) is 42.0 Å². The number of aromatic nitrogens is 1. The molecule has 0 aliphatic carbocycles. The Labute approximate surface area is 244 Å². The van der Waals surface area contributed by atoms with Crippen molar-refractivity contribution in [3.05, 3.63) is 77.0 Å². The molecule has 1 aromatic carbocycles. The molecule has 2 aliphatic heterocycles. The van der Waals surface area contributed by atoms with Gasteiger partial charge in [0.1, 0.15) is 28.6 Å². The topological polar surface area (TPSA) is 134 Å². The minimum absolute atomic E-state index is 0.00504. The Morgan fingerprint density at radius 1 is 1.16 bits per heavy atom. The van der Waals surface area contributed by atoms with Crippen LogP contribution >= 0.6 is 0 Å². The second-order valence-corrected chi connectivity index (χ2v) is 10.2. The van der Waals surface area contributed by atoms with E-state index in [-0.39, 0.29) is 22.9 Å². The predicted octanol–water partition coefficient (Wildman–Crippen LogP) is 4.00. The van der Waals surface area contributed by atoms with E-state index in [1.807, 2.05) is 0 Å². The highest BCUT2D eigenvalue weighted by Gasteiger charge is 2.31. The van der Waals surface area contributed by atoms with Crippen molar-refractivity contribution in [3.63, 3.8) is 0 Å². The molecule has 3 heterocycles. The lowest BCUT2D eigenvalue weighted by molar-refractivity contribution is -0.274. The number of allylic oxidation sites excluding steroid dienone is 3. The van der Waals surface area contributed by atoms with Crippen LogP contribution in [0.1, 0.15) is 48.2 Å². The maximum Gasteiger partial charge on any atom is 0.573 e. The number of nitrogens with zero attached hydrogens (tertiary/aromatic N) is 3. The van der Waals surface area contributed by atoms with E-state index in [1.54, 1.807) is 18.2 Å². The van der Waals surface area contributed by atoms with Crippen LogP contribution < -0.4 is 20.1 Å². The second kappa shape index (κ2) is 12.7. The van der Waals surface area contributed by atoms with E-state index < -0.39 is 41.9 Å². The van der Waals surface area contributed by atoms with Gasteiger partial charge in [-0.3, -0.25) is 14.6 Å². The number of methoxy groups -OCH3 is 1. The average Bonchev–Trinajstić information content (AvgIpc) is 3.25. The molecule has 1 unspecified atom stereocenters. The first-order valence-corrected chi connectivity index (χ1v) is 13.2. The summed E-state index contributed by atoms with van der Waals surface area (Å²) in [4.78, 5) is 38.7. The number of hydrogen-bond acceptors (Lipinski definition) is 8. The fourth-order valence-corrected chi connectivity index (χ4v) is 4.24. The van der Waals surface area contributed by atoms with Gasteiger partial charge in [0.2, 0.25) is 5.88 Å². The number of aliphatic hydroxyl groups is 1. The maximum absolute atomic E-state index is 14.2. The van der Waals surface area contributed by atoms with Crippen molar-refractivity contribution in [3.8, 4) is 11.6 Å². The number of hydrogen-bond donors (Lipinski definition) is 3. The third kappa shape index (κ3) is 8.25. The molecule has 0 saturated carbocycles. The molecule has 0 radical (unpaired) electrons. The molecule has 0 saturated heterocycles. The van der Waals surface area contributed by atoms with Gasteiger partial charge in [-0.25, -0.2) is 14.4 Å². The summed E-state index contributed by atoms with van der Waals surface area (Å²) < 4.78 is 61.0. The average molecular weight is 604 g/mol. The first-order chi connectivity index (χ1) is 20.2. The van der Waals surface area contributed by atoms with Gasteiger partial charge in [-0.1, -0.05) is 0 Å². The first-order valence-electron chi connectivity index (χ1n) is 13.2. The number of fused-ring (bicyclic) bond motifs is 1. The molecular weight excluding hydrogens is 574 g/mol. The van der Waals surface area contributed by atoms with Crippen LogP contribution in [0.5, 0.6) is 11.6 Å². The molecule has 4 rings (SSSR count). The van der Waals surface area contributed by atoms with Crippen LogP contribution in [-0.2, 0) is 11.3 Å². The molecule has 2 amide bonds. The van der Waals surface area contributed by atoms with Crippen LogP contribution in [0.15, 0.2) is 64.5 Å². The standard InChI is InChI=1S/C29H29F4N5O5/c1-28(2,41)27(40)38-24-6-4-5-16-13-34-22(9-10-23(16)37-24)18-12-20(26(42-3)36-15-18)25(39)35-14-17-11-19(7-8-21(17)30)43-29(31,32)33/h6-12,15-16,41H,4-5,13-14H2,1-3H3,(H,35,39)(H,38,40). The predicted molar refractivity (Wildman–Crippen MR) is 148 cm³/mol. The molecule has 10 nitrogen and oxygen atoms in total. The van der Waals surface area contributed by atoms with Gasteiger partial charge in [0.25, 0.3) is 11.8 Å². The Hall–Kier alpha value is -4.59. The minimum Gasteiger partial charge on any atom is -0.480 e. The number of pyridine rings is 1. The zero-order valence-corrected chi connectivity index (χ0v) is 23.5. The highest BCUT2D eigenvalue weighted by Crippen LogP contribution is 2.26. The fourth-order valence-electron chi connectivity index (χ4n) is 4.24. The highest BCUT2D eigenvalue weighted by atomic mass is 19.4. The van der Waals surface area contributed by atoms with Crippen molar-refractivity contribution in [2.24, 2.45) is 15.9 Å². The molecule has 2 aromatic rings. The van der Waals surface area contributed by atoms with E-state index >= 15 is 0 Å². The van der Waals surface area contributed by atoms with Gasteiger partial charge >= 0.3 is 6.36 Å². The number of benzene rings is 1. The summed E-state index contributed by atoms with van der Waals surface area (Å²) in [7, 11) is 1.31. The summed E-state index contributed by atoms with van der Waals surface area (Å²) in [6.45, 7) is 2.68. The fraction of sp³-hybridized carbons (Fsp3) is 0.345. The van der Waals surface area contributed by atoms with Crippen molar-refractivity contribution in [2.75, 3.05) is 13.7 Å². The zero-order valence-electron chi connectivity index (χ0n) is 23.5. The third-order valence-corrected chi connectivity index (χ3v) is 6.49. The van der Waals surface area contributed by atoms with E-state index in [9.17, 15) is 32.3 Å². The second-order valence-electron chi connectivity index (χ2n) is 10.2. The lowest BCUT2D eigenvalue weighted by Crippen LogP contribution is -2.41. The summed E-state index contributed by atoms with van der Waals surface area (Å²) in [5, 5.41) is 15.1. The quantitative estimate of drug-likeness (QED) is 0.391. The van der Waals surface area contributed by atoms with Gasteiger partial charge in [0.15, 0.2) is 0 Å². The minimum atomic E-state index is -4.96. The van der Waals surface area contributed by atoms with E-state index in [0.717, 1.165) is 18.2 Å². The summed E-state index contributed by atoms with van der Waals surface area (Å²) >= 11 is 0. The van der Waals surface area contributed by atoms with Gasteiger partial charge in [0.05, 0.1) is 12.8 Å². The lowest BCUT2D eigenvalue weighted by atomic mass is 9.98. The van der Waals surface area contributed by atoms with Gasteiger partial charge < -0.3 is 25.2 Å². The summed E-state index contributed by atoms with van der Waals surface area (Å²) in [5.74, 6) is -2.50. The number of ether oxygens (including phenoxy) is 2. The Morgan fingerprint density at radius 3 is 2.63 bits per heavy atom. The van der Waals surface area contributed by atoms with E-state index in [4.69, 9.17) is 4.74 Å². The first kappa shape index (κ1) is 31.3. The molecule has 1 atom stereocenters. The van der Waals surface area contributed by atoms with E-state index in [2.05, 4.69) is 30.3 Å². The van der Waals surface area contributed by atoms with Crippen molar-refractivity contribution >= 4 is 23.2 Å². The summed E-state index contributed by atoms with van der Waals surface area (Å²) in [5.41, 5.74) is -0.161. The Morgan fingerprint density at radius 2 is 1.93 bits per heavy atom. The molecule has 14 heteroatoms. The van der Waals surface area contributed by atoms with Crippen molar-refractivity contribution in [1.82, 2.24) is 15.6 Å². The lowest BCUT2D eigenvalue weighted by Gasteiger charge is -2.17. The number of aliphatic imine (C=N–C) groups is 2. The third-order valence-electron chi connectivity index (χ3n) is 6.49. The molecule has 0 bridgehead atoms. The van der Waals surface area contributed by atoms with Gasteiger partial charge in [-0.15, -0.1) is 13.2 Å². The van der Waals surface area contributed by atoms with Crippen molar-refractivity contribution < 1.29 is 41.7 Å². The van der Waals surface area contributed by atoms with Crippen molar-refractivity contribution in [1.29, 1.82) is 0 Å². The number of nitrogens with one attached hydrogen (secondary N) is 2. The number of carbonyl (C=O) groups excluding carboxylic acids is 2. The van der Waals surface area contributed by atoms with Crippen LogP contribution in [0, 0.1) is 11.7 Å². The molecule has 0 spiro atoms. The van der Waals surface area contributed by atoms with Gasteiger partial charge in [-0.05, 0) is 69.2 Å². The molecule has 43 heavy (non-hydrogen) atoms. The van der Waals surface area contributed by atoms with Crippen LogP contribution in [-0.4, -0.2) is 58.9 Å². The van der Waals surface area contributed by atoms with Crippen LogP contribution in [0.4, 0.5) is 17.6 Å². The Balaban J connectivity index is 1.53. The molecule has 2 aliphatic rings. The zero-order chi connectivity index (χ0) is 31.4. The number of rotatable bonds is 8. The molecular formula is C29H29F4N5O5. The van der Waals surface area contributed by atoms with E-state index in [1.165, 1.54) is 33.2 Å². The summed E-state index contributed by atoms with van der Waals surface area (Å²) in [6, 6.07) is 3.98. The van der Waals surface area contributed by atoms with E-state index in [0.29, 0.717) is 42.2 Å². The molecule has 1 aromatic heterocycles. The maximum atomic E-state index is 14.2. The van der Waals surface area contributed by atoms with Crippen LogP contribution in [0.3, 0.4) is 0 Å². The monoisotopic (exact) mass is 603 g/mol. The number of amides is 2. The number of halogens is 4. The molecule has 0 fully saturated rings. The number of alkyl halides is 3. The smallest absolute Gasteiger partial charge is 0.480 e. The normalized spacial score (nSPS) is 16.9. The van der Waals surface area contributed by atoms with Crippen molar-refractivity contribution in [2.45, 2.75) is 45.2 Å². The molecule has 3 N–H and O–H groups in total. The molecule has 228 valence electrons. The number of carbonyl (C=O) groups is 2. The Bertz CT molecular complexity index is 1530. The largest absolute Gasteiger partial charge is 0.573 e. The van der Waals surface area contributed by atoms with Crippen LogP contribution in [0.2, 0.25) is 0 Å². The Kier molecular flexibility index (Phi) is 9.28. The van der Waals surface area contributed by atoms with Crippen LogP contribution in [0.25, 0.3) is 0 Å².